The number of nitrogens with one attached hydrogen (secondary N) is 2. The van der Waals surface area contributed by atoms with Crippen molar-refractivity contribution in [2.75, 3.05) is 13.1 Å². The third-order valence-electron chi connectivity index (χ3n) is 4.03. The number of benzene rings is 2. The summed E-state index contributed by atoms with van der Waals surface area (Å²) in [6.45, 7) is 2.08. The highest BCUT2D eigenvalue weighted by Crippen LogP contribution is 2.22. The molecule has 0 aliphatic heterocycles. The Morgan fingerprint density at radius 1 is 1.10 bits per heavy atom. The first-order valence-electron chi connectivity index (χ1n) is 8.76. The molecule has 0 aliphatic carbocycles. The molecule has 0 unspecified atom stereocenters. The van der Waals surface area contributed by atoms with Gasteiger partial charge in [-0.1, -0.05) is 46.6 Å². The highest BCUT2D eigenvalue weighted by Gasteiger charge is 2.17. The molecular weight excluding hydrogens is 414 g/mol. The van der Waals surface area contributed by atoms with Crippen LogP contribution in [0.1, 0.15) is 26.6 Å². The van der Waals surface area contributed by atoms with Crippen LogP contribution in [0.2, 0.25) is 5.02 Å². The number of aromatic nitrogens is 2. The van der Waals surface area contributed by atoms with Crippen molar-refractivity contribution in [2.24, 2.45) is 0 Å². The molecule has 0 fully saturated rings. The van der Waals surface area contributed by atoms with Crippen LogP contribution in [-0.2, 0) is 0 Å². The Hall–Kier alpha value is -3.79. The third-order valence-corrected chi connectivity index (χ3v) is 4.36. The summed E-state index contributed by atoms with van der Waals surface area (Å²) in [5.74, 6) is -1.12. The first-order chi connectivity index (χ1) is 14.3. The lowest BCUT2D eigenvalue weighted by Gasteiger charge is -2.07. The first-order valence-corrected chi connectivity index (χ1v) is 9.14. The highest BCUT2D eigenvalue weighted by atomic mass is 35.5. The van der Waals surface area contributed by atoms with Gasteiger partial charge in [-0.15, -0.1) is 0 Å². The van der Waals surface area contributed by atoms with Gasteiger partial charge in [-0.3, -0.25) is 19.7 Å². The predicted molar refractivity (Wildman–Crippen MR) is 107 cm³/mol. The van der Waals surface area contributed by atoms with Crippen LogP contribution in [-0.4, -0.2) is 40.0 Å². The number of nitro benzene ring substituents is 1. The molecule has 0 atom stereocenters. The van der Waals surface area contributed by atoms with Crippen LogP contribution in [0.5, 0.6) is 0 Å². The lowest BCUT2D eigenvalue weighted by Crippen LogP contribution is -2.35. The van der Waals surface area contributed by atoms with Crippen molar-refractivity contribution in [3.05, 3.63) is 74.6 Å². The number of carbonyl (C=O) groups is 2. The van der Waals surface area contributed by atoms with E-state index in [1.807, 2.05) is 31.2 Å². The number of nitrogens with zero attached hydrogens (tertiary/aromatic N) is 3. The molecule has 0 bridgehead atoms. The van der Waals surface area contributed by atoms with Crippen molar-refractivity contribution in [3.8, 4) is 11.4 Å². The quantitative estimate of drug-likeness (QED) is 0.334. The minimum atomic E-state index is -0.622. The number of hydrogen-bond acceptors (Lipinski definition) is 7. The smallest absolute Gasteiger partial charge is 0.316 e. The summed E-state index contributed by atoms with van der Waals surface area (Å²) < 4.78 is 4.97. The minimum absolute atomic E-state index is 0.0307. The van der Waals surface area contributed by atoms with E-state index < -0.39 is 16.7 Å². The number of non-ortho nitro benzene ring substituents is 1. The van der Waals surface area contributed by atoms with Crippen LogP contribution in [0.15, 0.2) is 47.0 Å². The fourth-order valence-corrected chi connectivity index (χ4v) is 2.66. The molecule has 1 heterocycles. The van der Waals surface area contributed by atoms with Crippen LogP contribution in [0.3, 0.4) is 0 Å². The van der Waals surface area contributed by atoms with Crippen molar-refractivity contribution < 1.29 is 19.0 Å². The van der Waals surface area contributed by atoms with Gasteiger partial charge in [0.25, 0.3) is 11.6 Å². The summed E-state index contributed by atoms with van der Waals surface area (Å²) in [6, 6.07) is 11.0. The SMILES string of the molecule is Cc1ccc(-c2noc(C(=O)NCCNC(=O)c3cc([N+](=O)[O-])ccc3Cl)n2)cc1. The van der Waals surface area contributed by atoms with Crippen molar-refractivity contribution in [3.63, 3.8) is 0 Å². The Morgan fingerprint density at radius 3 is 2.43 bits per heavy atom. The fourth-order valence-electron chi connectivity index (χ4n) is 2.46. The average Bonchev–Trinajstić information content (AvgIpc) is 3.22. The molecule has 0 radical (unpaired) electrons. The number of carbonyl (C=O) groups excluding carboxylic acids is 2. The lowest BCUT2D eigenvalue weighted by atomic mass is 10.1. The summed E-state index contributed by atoms with van der Waals surface area (Å²) >= 11 is 5.92. The van der Waals surface area contributed by atoms with Gasteiger partial charge >= 0.3 is 11.8 Å². The number of hydrogen-bond donors (Lipinski definition) is 2. The largest absolute Gasteiger partial charge is 0.350 e. The molecule has 0 aliphatic rings. The van der Waals surface area contributed by atoms with Crippen LogP contribution < -0.4 is 10.6 Å². The van der Waals surface area contributed by atoms with Gasteiger partial charge in [-0.05, 0) is 13.0 Å². The second-order valence-corrected chi connectivity index (χ2v) is 6.63. The Morgan fingerprint density at radius 2 is 1.77 bits per heavy atom. The zero-order chi connectivity index (χ0) is 21.7. The van der Waals surface area contributed by atoms with Gasteiger partial charge in [0, 0.05) is 30.8 Å². The van der Waals surface area contributed by atoms with E-state index in [2.05, 4.69) is 20.8 Å². The molecule has 10 nitrogen and oxygen atoms in total. The minimum Gasteiger partial charge on any atom is -0.350 e. The molecule has 30 heavy (non-hydrogen) atoms. The molecule has 2 aromatic carbocycles. The Kier molecular flexibility index (Phi) is 6.38. The maximum Gasteiger partial charge on any atom is 0.316 e. The van der Waals surface area contributed by atoms with E-state index in [1.54, 1.807) is 0 Å². The Bertz CT molecular complexity index is 1100. The number of aryl methyl sites for hydroxylation is 1. The van der Waals surface area contributed by atoms with E-state index in [9.17, 15) is 19.7 Å². The fraction of sp³-hybridized carbons (Fsp3) is 0.158. The summed E-state index contributed by atoms with van der Waals surface area (Å²) in [6.07, 6.45) is 0. The standard InChI is InChI=1S/C19H16ClN5O5/c1-11-2-4-12(5-3-11)16-23-19(30-24-16)18(27)22-9-8-21-17(26)14-10-13(25(28)29)6-7-15(14)20/h2-7,10H,8-9H2,1H3,(H,21,26)(H,22,27). The van der Waals surface area contributed by atoms with Crippen LogP contribution >= 0.6 is 11.6 Å². The average molecular weight is 430 g/mol. The summed E-state index contributed by atoms with van der Waals surface area (Å²) in [7, 11) is 0. The molecule has 0 saturated carbocycles. The van der Waals surface area contributed by atoms with E-state index in [0.29, 0.717) is 5.56 Å². The third kappa shape index (κ3) is 4.97. The number of rotatable bonds is 7. The van der Waals surface area contributed by atoms with Crippen molar-refractivity contribution >= 4 is 29.1 Å². The Balaban J connectivity index is 1.52. The topological polar surface area (TPSA) is 140 Å². The molecule has 154 valence electrons. The molecule has 0 saturated heterocycles. The number of amides is 2. The van der Waals surface area contributed by atoms with Crippen LogP contribution in [0.4, 0.5) is 5.69 Å². The molecule has 3 rings (SSSR count). The van der Waals surface area contributed by atoms with E-state index in [0.717, 1.165) is 11.6 Å². The van der Waals surface area contributed by atoms with E-state index in [4.69, 9.17) is 16.1 Å². The van der Waals surface area contributed by atoms with Gasteiger partial charge in [0.15, 0.2) is 0 Å². The zero-order valence-corrected chi connectivity index (χ0v) is 16.5. The van der Waals surface area contributed by atoms with Gasteiger partial charge in [0.05, 0.1) is 15.5 Å². The molecule has 11 heteroatoms. The van der Waals surface area contributed by atoms with Gasteiger partial charge in [0.2, 0.25) is 5.82 Å². The van der Waals surface area contributed by atoms with Gasteiger partial charge in [-0.25, -0.2) is 0 Å². The predicted octanol–water partition coefficient (Wildman–Crippen LogP) is 2.77. The second kappa shape index (κ2) is 9.14. The molecule has 3 aromatic rings. The summed E-state index contributed by atoms with van der Waals surface area (Å²) in [4.78, 5) is 38.5. The molecule has 2 amide bonds. The number of nitro groups is 1. The van der Waals surface area contributed by atoms with Gasteiger partial charge < -0.3 is 15.2 Å². The Labute approximate surface area is 175 Å². The molecule has 1 aromatic heterocycles. The van der Waals surface area contributed by atoms with Crippen LogP contribution in [0, 0.1) is 17.0 Å². The maximum absolute atomic E-state index is 12.2. The van der Waals surface area contributed by atoms with Gasteiger partial charge in [0.1, 0.15) is 0 Å². The van der Waals surface area contributed by atoms with Crippen LogP contribution in [0.25, 0.3) is 11.4 Å². The zero-order valence-electron chi connectivity index (χ0n) is 15.7. The number of halogens is 1. The normalized spacial score (nSPS) is 10.5. The second-order valence-electron chi connectivity index (χ2n) is 6.22. The molecule has 2 N–H and O–H groups in total. The maximum atomic E-state index is 12.2. The lowest BCUT2D eigenvalue weighted by molar-refractivity contribution is -0.384. The van der Waals surface area contributed by atoms with Crippen molar-refractivity contribution in [1.29, 1.82) is 0 Å². The van der Waals surface area contributed by atoms with Gasteiger partial charge in [-0.2, -0.15) is 4.98 Å². The first kappa shape index (κ1) is 20.9. The van der Waals surface area contributed by atoms with E-state index in [-0.39, 0.29) is 41.1 Å². The van der Waals surface area contributed by atoms with E-state index >= 15 is 0 Å². The molecular formula is C19H16ClN5O5. The van der Waals surface area contributed by atoms with Crippen molar-refractivity contribution in [2.45, 2.75) is 6.92 Å². The summed E-state index contributed by atoms with van der Waals surface area (Å²) in [5.41, 5.74) is 1.51. The summed E-state index contributed by atoms with van der Waals surface area (Å²) in [5, 5.41) is 19.7. The van der Waals surface area contributed by atoms with Crippen molar-refractivity contribution in [1.82, 2.24) is 20.8 Å². The highest BCUT2D eigenvalue weighted by molar-refractivity contribution is 6.33. The monoisotopic (exact) mass is 429 g/mol. The molecule has 0 spiro atoms. The van der Waals surface area contributed by atoms with E-state index in [1.165, 1.54) is 12.1 Å².